The van der Waals surface area contributed by atoms with Crippen LogP contribution >= 0.6 is 11.6 Å². The van der Waals surface area contributed by atoms with Crippen molar-refractivity contribution in [1.29, 1.82) is 0 Å². The molecular weight excluding hydrogens is 326 g/mol. The largest absolute Gasteiger partial charge is 0.474 e. The second-order valence-corrected chi connectivity index (χ2v) is 5.80. The van der Waals surface area contributed by atoms with Gasteiger partial charge in [-0.05, 0) is 19.1 Å². The predicted molar refractivity (Wildman–Crippen MR) is 83.6 cm³/mol. The molecule has 1 aliphatic rings. The van der Waals surface area contributed by atoms with Gasteiger partial charge in [0.2, 0.25) is 0 Å². The smallest absolute Gasteiger partial charge is 0.312 e. The standard InChI is InChI=1S/C14H18ClN3O5/c1-8(14(20)17-6-9-5-16-7-12(9)19)23-13-3-2-10(15)4-11(13)18(21)22/h2-4,8-9,12,16,19H,5-7H2,1H3,(H,17,20). The molecule has 9 heteroatoms. The van der Waals surface area contributed by atoms with E-state index in [9.17, 15) is 20.0 Å². The molecule has 2 rings (SSSR count). The molecule has 1 aliphatic heterocycles. The fraction of sp³-hybridized carbons (Fsp3) is 0.500. The highest BCUT2D eigenvalue weighted by Crippen LogP contribution is 2.30. The normalized spacial score (nSPS) is 21.7. The second-order valence-electron chi connectivity index (χ2n) is 5.36. The molecule has 0 aliphatic carbocycles. The number of aliphatic hydroxyl groups excluding tert-OH is 1. The van der Waals surface area contributed by atoms with Crippen LogP contribution in [0.5, 0.6) is 5.75 Å². The number of benzene rings is 1. The van der Waals surface area contributed by atoms with E-state index in [4.69, 9.17) is 16.3 Å². The zero-order valence-electron chi connectivity index (χ0n) is 12.5. The summed E-state index contributed by atoms with van der Waals surface area (Å²) in [5.41, 5.74) is -0.299. The third-order valence-corrected chi connectivity index (χ3v) is 3.87. The molecule has 23 heavy (non-hydrogen) atoms. The molecule has 0 bridgehead atoms. The summed E-state index contributed by atoms with van der Waals surface area (Å²) in [6, 6.07) is 3.98. The molecule has 0 radical (unpaired) electrons. The molecule has 0 aromatic heterocycles. The van der Waals surface area contributed by atoms with E-state index in [1.165, 1.54) is 25.1 Å². The van der Waals surface area contributed by atoms with Crippen LogP contribution < -0.4 is 15.4 Å². The van der Waals surface area contributed by atoms with Crippen LogP contribution in [-0.4, -0.2) is 47.8 Å². The van der Waals surface area contributed by atoms with Gasteiger partial charge in [-0.1, -0.05) is 11.6 Å². The van der Waals surface area contributed by atoms with Gasteiger partial charge in [0.15, 0.2) is 11.9 Å². The number of amides is 1. The average molecular weight is 344 g/mol. The quantitative estimate of drug-likeness (QED) is 0.518. The molecule has 3 N–H and O–H groups in total. The number of rotatable bonds is 6. The van der Waals surface area contributed by atoms with Crippen molar-refractivity contribution in [2.45, 2.75) is 19.1 Å². The van der Waals surface area contributed by atoms with E-state index < -0.39 is 23.0 Å². The summed E-state index contributed by atoms with van der Waals surface area (Å²) >= 11 is 5.73. The van der Waals surface area contributed by atoms with Crippen molar-refractivity contribution in [3.05, 3.63) is 33.3 Å². The second kappa shape index (κ2) is 7.58. The lowest BCUT2D eigenvalue weighted by Gasteiger charge is -2.18. The van der Waals surface area contributed by atoms with Crippen LogP contribution in [0.25, 0.3) is 0 Å². The maximum atomic E-state index is 12.0. The number of hydrogen-bond acceptors (Lipinski definition) is 6. The molecule has 3 atom stereocenters. The number of nitrogens with one attached hydrogen (secondary N) is 2. The van der Waals surface area contributed by atoms with Gasteiger partial charge < -0.3 is 20.5 Å². The Balaban J connectivity index is 1.94. The average Bonchev–Trinajstić information content (AvgIpc) is 2.91. The van der Waals surface area contributed by atoms with Crippen molar-refractivity contribution in [2.24, 2.45) is 5.92 Å². The van der Waals surface area contributed by atoms with E-state index in [1.54, 1.807) is 0 Å². The highest BCUT2D eigenvalue weighted by atomic mass is 35.5. The van der Waals surface area contributed by atoms with Crippen molar-refractivity contribution in [3.8, 4) is 5.75 Å². The number of nitrogens with zero attached hydrogens (tertiary/aromatic N) is 1. The minimum absolute atomic E-state index is 0.0235. The van der Waals surface area contributed by atoms with Gasteiger partial charge in [0.05, 0.1) is 11.0 Å². The molecule has 1 aromatic rings. The number of nitro benzene ring substituents is 1. The van der Waals surface area contributed by atoms with Crippen molar-refractivity contribution in [3.63, 3.8) is 0 Å². The van der Waals surface area contributed by atoms with Gasteiger partial charge in [-0.2, -0.15) is 0 Å². The predicted octanol–water partition coefficient (Wildman–Crippen LogP) is 0.712. The van der Waals surface area contributed by atoms with E-state index in [2.05, 4.69) is 10.6 Å². The van der Waals surface area contributed by atoms with Gasteiger partial charge in [0.1, 0.15) is 0 Å². The minimum Gasteiger partial charge on any atom is -0.474 e. The topological polar surface area (TPSA) is 114 Å². The number of carbonyl (C=O) groups excluding carboxylic acids is 1. The lowest BCUT2D eigenvalue weighted by molar-refractivity contribution is -0.386. The third-order valence-electron chi connectivity index (χ3n) is 3.63. The lowest BCUT2D eigenvalue weighted by Crippen LogP contribution is -2.41. The minimum atomic E-state index is -0.915. The first-order valence-corrected chi connectivity index (χ1v) is 7.53. The number of halogens is 1. The first-order valence-electron chi connectivity index (χ1n) is 7.15. The lowest BCUT2D eigenvalue weighted by atomic mass is 10.1. The van der Waals surface area contributed by atoms with Gasteiger partial charge in [-0.25, -0.2) is 0 Å². The molecule has 0 spiro atoms. The zero-order valence-corrected chi connectivity index (χ0v) is 13.2. The van der Waals surface area contributed by atoms with Crippen LogP contribution in [0.2, 0.25) is 5.02 Å². The van der Waals surface area contributed by atoms with Crippen molar-refractivity contribution < 1.29 is 19.6 Å². The number of ether oxygens (including phenoxy) is 1. The summed E-state index contributed by atoms with van der Waals surface area (Å²) in [5, 5.41) is 26.6. The Morgan fingerprint density at radius 1 is 1.61 bits per heavy atom. The highest BCUT2D eigenvalue weighted by Gasteiger charge is 2.27. The fourth-order valence-corrected chi connectivity index (χ4v) is 2.45. The molecule has 1 aromatic carbocycles. The Bertz CT molecular complexity index is 598. The van der Waals surface area contributed by atoms with Crippen molar-refractivity contribution in [1.82, 2.24) is 10.6 Å². The molecule has 0 saturated carbocycles. The van der Waals surface area contributed by atoms with Gasteiger partial charge in [0, 0.05) is 36.6 Å². The van der Waals surface area contributed by atoms with Gasteiger partial charge in [-0.15, -0.1) is 0 Å². The van der Waals surface area contributed by atoms with E-state index in [1.807, 2.05) is 0 Å². The molecule has 1 fully saturated rings. The Hall–Kier alpha value is -1.90. The Labute approximate surface area is 137 Å². The summed E-state index contributed by atoms with van der Waals surface area (Å²) in [6.45, 7) is 2.93. The van der Waals surface area contributed by atoms with Crippen LogP contribution in [0, 0.1) is 16.0 Å². The zero-order chi connectivity index (χ0) is 17.0. The van der Waals surface area contributed by atoms with E-state index in [0.717, 1.165) is 0 Å². The molecular formula is C14H18ClN3O5. The Morgan fingerprint density at radius 2 is 2.35 bits per heavy atom. The summed E-state index contributed by atoms with van der Waals surface area (Å²) < 4.78 is 5.38. The van der Waals surface area contributed by atoms with Crippen LogP contribution in [0.4, 0.5) is 5.69 Å². The van der Waals surface area contributed by atoms with E-state index >= 15 is 0 Å². The number of hydrogen-bond donors (Lipinski definition) is 3. The maximum Gasteiger partial charge on any atom is 0.312 e. The van der Waals surface area contributed by atoms with Crippen LogP contribution in [-0.2, 0) is 4.79 Å². The monoisotopic (exact) mass is 343 g/mol. The number of carbonyl (C=O) groups is 1. The van der Waals surface area contributed by atoms with Crippen LogP contribution in [0.15, 0.2) is 18.2 Å². The molecule has 126 valence electrons. The summed E-state index contributed by atoms with van der Waals surface area (Å²) in [6.07, 6.45) is -1.41. The van der Waals surface area contributed by atoms with Gasteiger partial charge in [0.25, 0.3) is 5.91 Å². The SMILES string of the molecule is CC(Oc1ccc(Cl)cc1[N+](=O)[O-])C(=O)NCC1CNCC1O. The van der Waals surface area contributed by atoms with E-state index in [-0.39, 0.29) is 22.4 Å². The Kier molecular flexibility index (Phi) is 5.75. The van der Waals surface area contributed by atoms with Gasteiger partial charge >= 0.3 is 5.69 Å². The third kappa shape index (κ3) is 4.54. The number of nitro groups is 1. The number of β-amino-alcohol motifs (C(OH)–C–C–N with tert-alkyl or cyclic N) is 1. The summed E-state index contributed by atoms with van der Waals surface area (Å²) in [7, 11) is 0. The van der Waals surface area contributed by atoms with Crippen LogP contribution in [0.3, 0.4) is 0 Å². The molecule has 3 unspecified atom stereocenters. The molecule has 1 heterocycles. The van der Waals surface area contributed by atoms with Gasteiger partial charge in [-0.3, -0.25) is 14.9 Å². The molecule has 1 amide bonds. The van der Waals surface area contributed by atoms with Crippen molar-refractivity contribution >= 4 is 23.2 Å². The summed E-state index contributed by atoms with van der Waals surface area (Å²) in [4.78, 5) is 22.4. The first-order chi connectivity index (χ1) is 10.9. The Morgan fingerprint density at radius 3 is 2.96 bits per heavy atom. The fourth-order valence-electron chi connectivity index (χ4n) is 2.28. The molecule has 1 saturated heterocycles. The van der Waals surface area contributed by atoms with Crippen LogP contribution in [0.1, 0.15) is 6.92 Å². The highest BCUT2D eigenvalue weighted by molar-refractivity contribution is 6.30. The molecule has 8 nitrogen and oxygen atoms in total. The first kappa shape index (κ1) is 17.5. The number of aliphatic hydroxyl groups is 1. The van der Waals surface area contributed by atoms with Crippen molar-refractivity contribution in [2.75, 3.05) is 19.6 Å². The van der Waals surface area contributed by atoms with E-state index in [0.29, 0.717) is 19.6 Å². The maximum absolute atomic E-state index is 12.0. The summed E-state index contributed by atoms with van der Waals surface area (Å²) in [5.74, 6) is -0.492.